The number of carbonyl (C=O) groups excluding carboxylic acids is 1. The number of nitrogens with zero attached hydrogens (tertiary/aromatic N) is 5. The van der Waals surface area contributed by atoms with E-state index in [-0.39, 0.29) is 17.9 Å². The van der Waals surface area contributed by atoms with Gasteiger partial charge in [-0.25, -0.2) is 4.98 Å². The van der Waals surface area contributed by atoms with Crippen LogP contribution in [-0.2, 0) is 17.9 Å². The van der Waals surface area contributed by atoms with E-state index in [1.807, 2.05) is 41.2 Å². The molecule has 0 saturated carbocycles. The molecule has 0 atom stereocenters. The quantitative estimate of drug-likeness (QED) is 0.578. The second kappa shape index (κ2) is 9.56. The zero-order chi connectivity index (χ0) is 20.8. The summed E-state index contributed by atoms with van der Waals surface area (Å²) in [6, 6.07) is 9.53. The largest absolute Gasteiger partial charge is 0.356 e. The van der Waals surface area contributed by atoms with E-state index in [4.69, 9.17) is 0 Å². The minimum absolute atomic E-state index is 0.0530. The van der Waals surface area contributed by atoms with Gasteiger partial charge in [0, 0.05) is 51.5 Å². The Morgan fingerprint density at radius 3 is 2.70 bits per heavy atom. The maximum atomic E-state index is 13.2. The van der Waals surface area contributed by atoms with Crippen molar-refractivity contribution in [2.75, 3.05) is 24.5 Å². The Kier molecular flexibility index (Phi) is 6.41. The number of para-hydroxylation sites is 2. The first-order chi connectivity index (χ1) is 14.7. The zero-order valence-corrected chi connectivity index (χ0v) is 17.2. The Morgan fingerprint density at radius 1 is 1.07 bits per heavy atom. The van der Waals surface area contributed by atoms with Gasteiger partial charge in [-0.1, -0.05) is 12.1 Å². The van der Waals surface area contributed by atoms with Gasteiger partial charge in [-0.05, 0) is 43.9 Å². The van der Waals surface area contributed by atoms with Crippen molar-refractivity contribution in [2.45, 2.75) is 45.2 Å². The molecule has 1 saturated heterocycles. The topological polar surface area (TPSA) is 85.0 Å². The number of nitrogens with one attached hydrogen (secondary N) is 1. The Hall–Kier alpha value is -3.16. The molecule has 0 spiro atoms. The van der Waals surface area contributed by atoms with Crippen LogP contribution in [0.1, 0.15) is 32.1 Å². The minimum Gasteiger partial charge on any atom is -0.356 e. The first kappa shape index (κ1) is 20.1. The summed E-state index contributed by atoms with van der Waals surface area (Å²) < 4.78 is 3.55. The number of carbonyl (C=O) groups is 1. The van der Waals surface area contributed by atoms with Gasteiger partial charge in [0.15, 0.2) is 5.82 Å². The smallest absolute Gasteiger partial charge is 0.294 e. The average Bonchev–Trinajstić information content (AvgIpc) is 3.30. The Labute approximate surface area is 175 Å². The zero-order valence-electron chi connectivity index (χ0n) is 17.2. The van der Waals surface area contributed by atoms with Crippen molar-refractivity contribution in [1.82, 2.24) is 24.6 Å². The molecule has 0 unspecified atom stereocenters. The number of hydrogen-bond donors (Lipinski definition) is 1. The minimum atomic E-state index is -0.109. The van der Waals surface area contributed by atoms with Crippen LogP contribution in [0.4, 0.5) is 5.82 Å². The predicted molar refractivity (Wildman–Crippen MR) is 117 cm³/mol. The number of amides is 1. The number of rotatable bonds is 8. The van der Waals surface area contributed by atoms with E-state index in [1.165, 1.54) is 6.42 Å². The summed E-state index contributed by atoms with van der Waals surface area (Å²) in [4.78, 5) is 32.3. The second-order valence-electron chi connectivity index (χ2n) is 7.65. The Morgan fingerprint density at radius 2 is 1.90 bits per heavy atom. The van der Waals surface area contributed by atoms with Crippen molar-refractivity contribution < 1.29 is 4.79 Å². The van der Waals surface area contributed by atoms with Gasteiger partial charge in [-0.2, -0.15) is 5.10 Å². The summed E-state index contributed by atoms with van der Waals surface area (Å²) in [5.41, 5.74) is 1.45. The van der Waals surface area contributed by atoms with E-state index < -0.39 is 0 Å². The molecule has 0 aliphatic carbocycles. The van der Waals surface area contributed by atoms with Crippen LogP contribution >= 0.6 is 0 Å². The summed E-state index contributed by atoms with van der Waals surface area (Å²) in [7, 11) is 0. The van der Waals surface area contributed by atoms with E-state index in [0.29, 0.717) is 18.9 Å². The molecule has 1 amide bonds. The van der Waals surface area contributed by atoms with E-state index in [9.17, 15) is 9.59 Å². The van der Waals surface area contributed by atoms with Gasteiger partial charge in [0.1, 0.15) is 0 Å². The molecule has 3 heterocycles. The molecule has 158 valence electrons. The third-order valence-electron chi connectivity index (χ3n) is 5.50. The average molecular weight is 409 g/mol. The standard InChI is InChI=1S/C22H28N6O2/c29-20(23-11-6-15-27-16-7-12-24-27)10-17-28-19-9-3-2-8-18(19)25-21(22(28)30)26-13-4-1-5-14-26/h2-3,7-9,12,16H,1,4-6,10-11,13-15,17H2,(H,23,29). The van der Waals surface area contributed by atoms with Crippen LogP contribution < -0.4 is 15.8 Å². The lowest BCUT2D eigenvalue weighted by Gasteiger charge is -2.27. The van der Waals surface area contributed by atoms with Gasteiger partial charge >= 0.3 is 0 Å². The summed E-state index contributed by atoms with van der Waals surface area (Å²) in [6.07, 6.45) is 8.07. The summed E-state index contributed by atoms with van der Waals surface area (Å²) in [6.45, 7) is 3.41. The first-order valence-electron chi connectivity index (χ1n) is 10.7. The summed E-state index contributed by atoms with van der Waals surface area (Å²) in [5.74, 6) is 0.454. The van der Waals surface area contributed by atoms with Gasteiger partial charge < -0.3 is 14.8 Å². The van der Waals surface area contributed by atoms with Crippen LogP contribution in [0.15, 0.2) is 47.5 Å². The molecule has 1 aliphatic rings. The lowest BCUT2D eigenvalue weighted by atomic mass is 10.1. The Balaban J connectivity index is 1.42. The highest BCUT2D eigenvalue weighted by Crippen LogP contribution is 2.18. The van der Waals surface area contributed by atoms with Crippen molar-refractivity contribution in [3.63, 3.8) is 0 Å². The molecule has 4 rings (SSSR count). The monoisotopic (exact) mass is 408 g/mol. The highest BCUT2D eigenvalue weighted by Gasteiger charge is 2.19. The highest BCUT2D eigenvalue weighted by molar-refractivity contribution is 5.78. The number of piperidine rings is 1. The van der Waals surface area contributed by atoms with E-state index in [0.717, 1.165) is 49.9 Å². The van der Waals surface area contributed by atoms with Crippen LogP contribution in [0.2, 0.25) is 0 Å². The van der Waals surface area contributed by atoms with E-state index in [1.54, 1.807) is 10.8 Å². The molecular formula is C22H28N6O2. The second-order valence-corrected chi connectivity index (χ2v) is 7.65. The van der Waals surface area contributed by atoms with Crippen molar-refractivity contribution in [1.29, 1.82) is 0 Å². The first-order valence-corrected chi connectivity index (χ1v) is 10.7. The predicted octanol–water partition coefficient (Wildman–Crippen LogP) is 2.18. The maximum Gasteiger partial charge on any atom is 0.294 e. The SMILES string of the molecule is O=C(CCn1c(=O)c(N2CCCCC2)nc2ccccc21)NCCCn1cccn1. The Bertz CT molecular complexity index is 1040. The number of fused-ring (bicyclic) bond motifs is 1. The maximum absolute atomic E-state index is 13.2. The third-order valence-corrected chi connectivity index (χ3v) is 5.50. The molecule has 30 heavy (non-hydrogen) atoms. The fourth-order valence-corrected chi connectivity index (χ4v) is 3.92. The molecular weight excluding hydrogens is 380 g/mol. The number of hydrogen-bond acceptors (Lipinski definition) is 5. The molecule has 3 aromatic rings. The lowest BCUT2D eigenvalue weighted by molar-refractivity contribution is -0.121. The van der Waals surface area contributed by atoms with Crippen molar-refractivity contribution in [2.24, 2.45) is 0 Å². The molecule has 0 radical (unpaired) electrons. The van der Waals surface area contributed by atoms with Crippen LogP contribution in [0.5, 0.6) is 0 Å². The summed E-state index contributed by atoms with van der Waals surface area (Å²) in [5, 5.41) is 7.09. The van der Waals surface area contributed by atoms with Gasteiger partial charge in [-0.15, -0.1) is 0 Å². The third kappa shape index (κ3) is 4.69. The van der Waals surface area contributed by atoms with Gasteiger partial charge in [0.25, 0.3) is 5.56 Å². The van der Waals surface area contributed by atoms with Crippen LogP contribution in [-0.4, -0.2) is 44.9 Å². The number of anilines is 1. The van der Waals surface area contributed by atoms with Gasteiger partial charge in [0.2, 0.25) is 5.91 Å². The molecule has 0 bridgehead atoms. The molecule has 2 aromatic heterocycles. The van der Waals surface area contributed by atoms with E-state index >= 15 is 0 Å². The fourth-order valence-electron chi connectivity index (χ4n) is 3.92. The summed E-state index contributed by atoms with van der Waals surface area (Å²) >= 11 is 0. The highest BCUT2D eigenvalue weighted by atomic mass is 16.2. The molecule has 8 nitrogen and oxygen atoms in total. The van der Waals surface area contributed by atoms with Gasteiger partial charge in [0.05, 0.1) is 11.0 Å². The van der Waals surface area contributed by atoms with Crippen LogP contribution in [0.3, 0.4) is 0 Å². The van der Waals surface area contributed by atoms with Gasteiger partial charge in [-0.3, -0.25) is 14.3 Å². The van der Waals surface area contributed by atoms with Crippen LogP contribution in [0.25, 0.3) is 11.0 Å². The molecule has 1 fully saturated rings. The van der Waals surface area contributed by atoms with E-state index in [2.05, 4.69) is 20.3 Å². The van der Waals surface area contributed by atoms with Crippen molar-refractivity contribution in [3.8, 4) is 0 Å². The molecule has 8 heteroatoms. The van der Waals surface area contributed by atoms with Crippen LogP contribution in [0, 0.1) is 0 Å². The normalized spacial score (nSPS) is 14.2. The number of aromatic nitrogens is 4. The number of benzene rings is 1. The van der Waals surface area contributed by atoms with Crippen molar-refractivity contribution in [3.05, 3.63) is 53.1 Å². The molecule has 1 aromatic carbocycles. The molecule has 1 aliphatic heterocycles. The lowest BCUT2D eigenvalue weighted by Crippen LogP contribution is -2.37. The fraction of sp³-hybridized carbons (Fsp3) is 0.455. The molecule has 1 N–H and O–H groups in total. The van der Waals surface area contributed by atoms with Crippen molar-refractivity contribution >= 4 is 22.8 Å². The number of aryl methyl sites for hydroxylation is 2.